The SMILES string of the molecule is O=[S@@]1c2c(NC3(CO)CCC3)nc(N3CCC(c4ccc(Cl)cc4)CC3)nc2C2CC21. The topological polar surface area (TPSA) is 78.3 Å². The van der Waals surface area contributed by atoms with E-state index in [1.165, 1.54) is 5.56 Å². The molecule has 0 amide bonds. The Morgan fingerprint density at radius 2 is 1.94 bits per heavy atom. The Bertz CT molecular complexity index is 1030. The molecule has 1 aromatic carbocycles. The summed E-state index contributed by atoms with van der Waals surface area (Å²) in [4.78, 5) is 12.9. The van der Waals surface area contributed by atoms with Gasteiger partial charge < -0.3 is 15.3 Å². The van der Waals surface area contributed by atoms with E-state index in [0.717, 1.165) is 73.2 Å². The van der Waals surface area contributed by atoms with Crippen molar-refractivity contribution in [1.29, 1.82) is 0 Å². The van der Waals surface area contributed by atoms with Gasteiger partial charge in [0.1, 0.15) is 10.7 Å². The van der Waals surface area contributed by atoms with Gasteiger partial charge in [-0.2, -0.15) is 4.98 Å². The molecule has 6 rings (SSSR count). The zero-order chi connectivity index (χ0) is 21.2. The van der Waals surface area contributed by atoms with Crippen molar-refractivity contribution in [3.8, 4) is 0 Å². The lowest BCUT2D eigenvalue weighted by atomic mass is 9.77. The first-order valence-corrected chi connectivity index (χ1v) is 12.9. The summed E-state index contributed by atoms with van der Waals surface area (Å²) >= 11 is 6.04. The molecule has 1 saturated heterocycles. The summed E-state index contributed by atoms with van der Waals surface area (Å²) in [6.07, 6.45) is 6.00. The molecule has 2 unspecified atom stereocenters. The molecule has 31 heavy (non-hydrogen) atoms. The molecule has 0 radical (unpaired) electrons. The number of nitrogens with one attached hydrogen (secondary N) is 1. The van der Waals surface area contributed by atoms with Crippen molar-refractivity contribution < 1.29 is 9.32 Å². The van der Waals surface area contributed by atoms with Gasteiger partial charge in [-0.15, -0.1) is 0 Å². The number of aliphatic hydroxyl groups excluding tert-OH is 1. The van der Waals surface area contributed by atoms with Crippen LogP contribution in [0.4, 0.5) is 11.8 Å². The van der Waals surface area contributed by atoms with E-state index in [0.29, 0.717) is 17.7 Å². The molecule has 2 saturated carbocycles. The minimum absolute atomic E-state index is 0.0765. The van der Waals surface area contributed by atoms with Crippen LogP contribution < -0.4 is 10.2 Å². The van der Waals surface area contributed by atoms with Crippen LogP contribution in [0.1, 0.15) is 61.6 Å². The van der Waals surface area contributed by atoms with Crippen LogP contribution in [0, 0.1) is 0 Å². The Kier molecular flexibility index (Phi) is 4.78. The van der Waals surface area contributed by atoms with Crippen LogP contribution in [0.5, 0.6) is 0 Å². The number of hydrogen-bond acceptors (Lipinski definition) is 6. The van der Waals surface area contributed by atoms with Gasteiger partial charge in [-0.05, 0) is 62.1 Å². The first-order chi connectivity index (χ1) is 15.1. The second kappa shape index (κ2) is 7.42. The highest BCUT2D eigenvalue weighted by atomic mass is 35.5. The number of hydrogen-bond donors (Lipinski definition) is 2. The summed E-state index contributed by atoms with van der Waals surface area (Å²) in [5.41, 5.74) is 1.99. The van der Waals surface area contributed by atoms with Crippen molar-refractivity contribution in [2.45, 2.75) is 66.0 Å². The highest BCUT2D eigenvalue weighted by Crippen LogP contribution is 2.56. The van der Waals surface area contributed by atoms with E-state index >= 15 is 0 Å². The minimum Gasteiger partial charge on any atom is -0.394 e. The monoisotopic (exact) mass is 458 g/mol. The quantitative estimate of drug-likeness (QED) is 0.709. The third kappa shape index (κ3) is 3.36. The molecule has 0 bridgehead atoms. The average molecular weight is 459 g/mol. The summed E-state index contributed by atoms with van der Waals surface area (Å²) in [5, 5.41) is 14.4. The van der Waals surface area contributed by atoms with Gasteiger partial charge in [-0.25, -0.2) is 4.98 Å². The highest BCUT2D eigenvalue weighted by Gasteiger charge is 2.54. The highest BCUT2D eigenvalue weighted by molar-refractivity contribution is 7.86. The number of aliphatic hydroxyl groups is 1. The first kappa shape index (κ1) is 19.9. The second-order valence-electron chi connectivity index (χ2n) is 9.49. The molecule has 4 aliphatic rings. The number of aromatic nitrogens is 2. The summed E-state index contributed by atoms with van der Waals surface area (Å²) in [6, 6.07) is 8.20. The van der Waals surface area contributed by atoms with Gasteiger partial charge >= 0.3 is 0 Å². The van der Waals surface area contributed by atoms with Crippen molar-refractivity contribution in [1.82, 2.24) is 9.97 Å². The van der Waals surface area contributed by atoms with E-state index in [4.69, 9.17) is 21.6 Å². The zero-order valence-corrected chi connectivity index (χ0v) is 19.0. The van der Waals surface area contributed by atoms with Crippen LogP contribution in [-0.4, -0.2) is 49.8 Å². The maximum Gasteiger partial charge on any atom is 0.227 e. The summed E-state index contributed by atoms with van der Waals surface area (Å²) < 4.78 is 13.0. The minimum atomic E-state index is -1.04. The lowest BCUT2D eigenvalue weighted by Crippen LogP contribution is -2.49. The standard InChI is InChI=1S/C23H27ClN4O2S/c24-16-4-2-14(3-5-16)15-6-10-28(11-7-15)22-25-19-17-12-18(17)31(30)20(19)21(26-22)27-23(13-29)8-1-9-23/h2-5,15,17-18,29H,1,6-13H2,(H,25,26,27)/t17?,18?,31-/m0/s1. The Hall–Kier alpha value is -1.70. The van der Waals surface area contributed by atoms with Gasteiger partial charge in [0.25, 0.3) is 0 Å². The molecule has 3 heterocycles. The second-order valence-corrected chi connectivity index (χ2v) is 11.5. The van der Waals surface area contributed by atoms with Crippen molar-refractivity contribution in [2.75, 3.05) is 29.9 Å². The van der Waals surface area contributed by atoms with E-state index in [2.05, 4.69) is 22.3 Å². The predicted molar refractivity (Wildman–Crippen MR) is 123 cm³/mol. The summed E-state index contributed by atoms with van der Waals surface area (Å²) in [7, 11) is -1.04. The lowest BCUT2D eigenvalue weighted by molar-refractivity contribution is 0.143. The fourth-order valence-corrected chi connectivity index (χ4v) is 7.23. The normalized spacial score (nSPS) is 28.6. The van der Waals surface area contributed by atoms with Crippen molar-refractivity contribution in [3.63, 3.8) is 0 Å². The first-order valence-electron chi connectivity index (χ1n) is 11.3. The number of rotatable bonds is 5. The fourth-order valence-electron chi connectivity index (χ4n) is 5.30. The molecule has 2 N–H and O–H groups in total. The number of fused-ring (bicyclic) bond motifs is 3. The Labute approximate surface area is 189 Å². The summed E-state index contributed by atoms with van der Waals surface area (Å²) in [5.74, 6) is 2.27. The van der Waals surface area contributed by atoms with E-state index in [1.807, 2.05) is 12.1 Å². The zero-order valence-electron chi connectivity index (χ0n) is 17.4. The number of benzene rings is 1. The van der Waals surface area contributed by atoms with Gasteiger partial charge in [0.05, 0.1) is 28.6 Å². The maximum atomic E-state index is 13.0. The number of nitrogens with zero attached hydrogens (tertiary/aromatic N) is 3. The third-order valence-corrected chi connectivity index (χ3v) is 9.68. The van der Waals surface area contributed by atoms with E-state index in [-0.39, 0.29) is 17.4 Å². The van der Waals surface area contributed by atoms with Crippen LogP contribution in [0.2, 0.25) is 5.02 Å². The molecule has 2 aliphatic carbocycles. The predicted octanol–water partition coefficient (Wildman–Crippen LogP) is 3.82. The summed E-state index contributed by atoms with van der Waals surface area (Å²) in [6.45, 7) is 1.87. The van der Waals surface area contributed by atoms with Gasteiger partial charge in [0.15, 0.2) is 0 Å². The van der Waals surface area contributed by atoms with Crippen LogP contribution in [0.3, 0.4) is 0 Å². The third-order valence-electron chi connectivity index (χ3n) is 7.56. The van der Waals surface area contributed by atoms with Crippen molar-refractivity contribution in [3.05, 3.63) is 40.5 Å². The Morgan fingerprint density at radius 1 is 1.19 bits per heavy atom. The number of piperidine rings is 1. The number of halogens is 1. The smallest absolute Gasteiger partial charge is 0.227 e. The lowest BCUT2D eigenvalue weighted by Gasteiger charge is -2.42. The van der Waals surface area contributed by atoms with E-state index in [1.54, 1.807) is 0 Å². The number of anilines is 2. The molecular weight excluding hydrogens is 432 g/mol. The fraction of sp³-hybridized carbons (Fsp3) is 0.565. The molecule has 3 atom stereocenters. The Balaban J connectivity index is 1.26. The van der Waals surface area contributed by atoms with E-state index < -0.39 is 10.8 Å². The molecule has 8 heteroatoms. The molecule has 0 spiro atoms. The largest absolute Gasteiger partial charge is 0.394 e. The molecule has 2 aromatic rings. The molecule has 2 aliphatic heterocycles. The average Bonchev–Trinajstić information content (AvgIpc) is 3.52. The van der Waals surface area contributed by atoms with Gasteiger partial charge in [-0.1, -0.05) is 23.7 Å². The van der Waals surface area contributed by atoms with Crippen molar-refractivity contribution >= 4 is 34.2 Å². The van der Waals surface area contributed by atoms with Crippen LogP contribution >= 0.6 is 11.6 Å². The van der Waals surface area contributed by atoms with Crippen LogP contribution in [0.15, 0.2) is 29.2 Å². The molecule has 164 valence electrons. The van der Waals surface area contributed by atoms with Gasteiger partial charge in [-0.3, -0.25) is 4.21 Å². The Morgan fingerprint density at radius 3 is 2.58 bits per heavy atom. The van der Waals surface area contributed by atoms with E-state index in [9.17, 15) is 9.32 Å². The van der Waals surface area contributed by atoms with Crippen molar-refractivity contribution in [2.24, 2.45) is 0 Å². The van der Waals surface area contributed by atoms with Gasteiger partial charge in [0.2, 0.25) is 5.95 Å². The van der Waals surface area contributed by atoms with Crippen LogP contribution in [-0.2, 0) is 10.8 Å². The van der Waals surface area contributed by atoms with Crippen LogP contribution in [0.25, 0.3) is 0 Å². The van der Waals surface area contributed by atoms with Gasteiger partial charge in [0, 0.05) is 29.3 Å². The molecule has 1 aromatic heterocycles. The molecule has 6 nitrogen and oxygen atoms in total. The molecular formula is C23H27ClN4O2S. The molecule has 3 fully saturated rings. The maximum absolute atomic E-state index is 13.0.